The fraction of sp³-hybridized carbons (Fsp3) is 0.200. The lowest BCUT2D eigenvalue weighted by atomic mass is 10.1. The van der Waals surface area contributed by atoms with E-state index in [2.05, 4.69) is 20.8 Å². The summed E-state index contributed by atoms with van der Waals surface area (Å²) >= 11 is 0. The lowest BCUT2D eigenvalue weighted by Crippen LogP contribution is -2.34. The zero-order valence-corrected chi connectivity index (χ0v) is 11.8. The summed E-state index contributed by atoms with van der Waals surface area (Å²) < 4.78 is 6.69. The number of hydrogen-bond acceptors (Lipinski definition) is 5. The summed E-state index contributed by atoms with van der Waals surface area (Å²) in [5.74, 6) is 0.670. The Morgan fingerprint density at radius 2 is 2.09 bits per heavy atom. The molecule has 7 nitrogen and oxygen atoms in total. The van der Waals surface area contributed by atoms with Crippen molar-refractivity contribution in [2.75, 3.05) is 6.54 Å². The van der Waals surface area contributed by atoms with Crippen LogP contribution >= 0.6 is 0 Å². The van der Waals surface area contributed by atoms with Crippen LogP contribution in [0.3, 0.4) is 0 Å². The van der Waals surface area contributed by atoms with Crippen molar-refractivity contribution in [3.05, 3.63) is 66.4 Å². The summed E-state index contributed by atoms with van der Waals surface area (Å²) in [5, 5.41) is 14.0. The van der Waals surface area contributed by atoms with E-state index in [1.165, 1.54) is 11.0 Å². The van der Waals surface area contributed by atoms with Gasteiger partial charge in [0.1, 0.15) is 12.1 Å². The number of benzene rings is 1. The summed E-state index contributed by atoms with van der Waals surface area (Å²) in [7, 11) is 0. The van der Waals surface area contributed by atoms with Crippen molar-refractivity contribution in [2.45, 2.75) is 12.5 Å². The highest BCUT2D eigenvalue weighted by molar-refractivity contribution is 5.83. The second kappa shape index (κ2) is 6.66. The van der Waals surface area contributed by atoms with E-state index >= 15 is 0 Å². The quantitative estimate of drug-likeness (QED) is 0.739. The van der Waals surface area contributed by atoms with Crippen LogP contribution in [0.4, 0.5) is 0 Å². The summed E-state index contributed by atoms with van der Waals surface area (Å²) in [5.41, 5.74) is 0.824. The Balaban J connectivity index is 1.70. The fourth-order valence-corrected chi connectivity index (χ4v) is 2.21. The molecule has 0 fully saturated rings. The molecule has 1 aromatic carbocycles. The van der Waals surface area contributed by atoms with Gasteiger partial charge in [-0.2, -0.15) is 0 Å². The highest BCUT2D eigenvalue weighted by atomic mass is 16.3. The van der Waals surface area contributed by atoms with Gasteiger partial charge in [0, 0.05) is 13.0 Å². The second-order valence-electron chi connectivity index (χ2n) is 4.72. The highest BCUT2D eigenvalue weighted by Crippen LogP contribution is 2.16. The Hall–Kier alpha value is -2.96. The van der Waals surface area contributed by atoms with Gasteiger partial charge in [-0.25, -0.2) is 4.68 Å². The molecular formula is C15H15N5O2. The maximum Gasteiger partial charge on any atom is 0.249 e. The van der Waals surface area contributed by atoms with Gasteiger partial charge in [0.05, 0.1) is 6.26 Å². The van der Waals surface area contributed by atoms with E-state index in [9.17, 15) is 4.79 Å². The number of rotatable bonds is 6. The van der Waals surface area contributed by atoms with Crippen molar-refractivity contribution in [2.24, 2.45) is 0 Å². The first-order valence-corrected chi connectivity index (χ1v) is 6.92. The van der Waals surface area contributed by atoms with Gasteiger partial charge in [-0.05, 0) is 28.1 Å². The molecule has 7 heteroatoms. The third kappa shape index (κ3) is 3.20. The number of furan rings is 1. The van der Waals surface area contributed by atoms with Crippen LogP contribution < -0.4 is 5.32 Å². The molecule has 112 valence electrons. The van der Waals surface area contributed by atoms with E-state index in [0.29, 0.717) is 13.0 Å². The lowest BCUT2D eigenvalue weighted by Gasteiger charge is -2.16. The Morgan fingerprint density at radius 3 is 2.77 bits per heavy atom. The molecule has 1 atom stereocenters. The van der Waals surface area contributed by atoms with Crippen molar-refractivity contribution in [1.29, 1.82) is 0 Å². The molecule has 0 saturated carbocycles. The summed E-state index contributed by atoms with van der Waals surface area (Å²) in [6.07, 6.45) is 3.69. The van der Waals surface area contributed by atoms with Crippen LogP contribution in [0.1, 0.15) is 17.4 Å². The van der Waals surface area contributed by atoms with E-state index in [0.717, 1.165) is 11.3 Å². The SMILES string of the molecule is O=C(NCCc1ccco1)[C@H](c1ccccc1)n1cnnn1. The molecule has 0 aliphatic rings. The standard InChI is InChI=1S/C15H15N5O2/c21-15(16-9-8-13-7-4-10-22-13)14(20-11-17-18-19-20)12-5-2-1-3-6-12/h1-7,10-11,14H,8-9H2,(H,16,21)/t14-/m0/s1. The number of aromatic nitrogens is 4. The molecule has 2 aromatic heterocycles. The van der Waals surface area contributed by atoms with Crippen LogP contribution in [0.5, 0.6) is 0 Å². The van der Waals surface area contributed by atoms with E-state index < -0.39 is 6.04 Å². The van der Waals surface area contributed by atoms with Gasteiger partial charge in [0.15, 0.2) is 6.04 Å². The molecule has 0 aliphatic carbocycles. The number of nitrogens with one attached hydrogen (secondary N) is 1. The molecular weight excluding hydrogens is 282 g/mol. The van der Waals surface area contributed by atoms with Crippen LogP contribution in [0.15, 0.2) is 59.5 Å². The van der Waals surface area contributed by atoms with Crippen molar-refractivity contribution in [3.8, 4) is 0 Å². The molecule has 0 aliphatic heterocycles. The number of nitrogens with zero attached hydrogens (tertiary/aromatic N) is 4. The smallest absolute Gasteiger partial charge is 0.249 e. The first-order valence-electron chi connectivity index (χ1n) is 6.92. The second-order valence-corrected chi connectivity index (χ2v) is 4.72. The summed E-state index contributed by atoms with van der Waals surface area (Å²) in [6.45, 7) is 0.484. The minimum absolute atomic E-state index is 0.162. The molecule has 0 radical (unpaired) electrons. The van der Waals surface area contributed by atoms with Crippen LogP contribution in [-0.2, 0) is 11.2 Å². The van der Waals surface area contributed by atoms with Gasteiger partial charge in [0.25, 0.3) is 0 Å². The number of hydrogen-bond donors (Lipinski definition) is 1. The zero-order chi connectivity index (χ0) is 15.2. The molecule has 3 rings (SSSR count). The predicted octanol–water partition coefficient (Wildman–Crippen LogP) is 1.21. The lowest BCUT2D eigenvalue weighted by molar-refractivity contribution is -0.123. The van der Waals surface area contributed by atoms with Crippen LogP contribution in [0.2, 0.25) is 0 Å². The van der Waals surface area contributed by atoms with Crippen molar-refractivity contribution < 1.29 is 9.21 Å². The van der Waals surface area contributed by atoms with Gasteiger partial charge in [-0.15, -0.1) is 5.10 Å². The van der Waals surface area contributed by atoms with Crippen LogP contribution in [0, 0.1) is 0 Å². The van der Waals surface area contributed by atoms with Gasteiger partial charge in [-0.1, -0.05) is 30.3 Å². The summed E-state index contributed by atoms with van der Waals surface area (Å²) in [4.78, 5) is 12.5. The van der Waals surface area contributed by atoms with Gasteiger partial charge in [-0.3, -0.25) is 4.79 Å². The molecule has 0 unspecified atom stereocenters. The maximum atomic E-state index is 12.5. The minimum atomic E-state index is -0.590. The Morgan fingerprint density at radius 1 is 1.23 bits per heavy atom. The van der Waals surface area contributed by atoms with E-state index in [1.807, 2.05) is 42.5 Å². The monoisotopic (exact) mass is 297 g/mol. The number of tetrazole rings is 1. The molecule has 0 saturated heterocycles. The van der Waals surface area contributed by atoms with Crippen LogP contribution in [-0.4, -0.2) is 32.7 Å². The number of carbonyl (C=O) groups excluding carboxylic acids is 1. The fourth-order valence-electron chi connectivity index (χ4n) is 2.21. The molecule has 0 spiro atoms. The predicted molar refractivity (Wildman–Crippen MR) is 77.8 cm³/mol. The van der Waals surface area contributed by atoms with E-state index in [-0.39, 0.29) is 5.91 Å². The average Bonchev–Trinajstić information content (AvgIpc) is 3.22. The Kier molecular flexibility index (Phi) is 4.24. The van der Waals surface area contributed by atoms with Crippen molar-refractivity contribution in [1.82, 2.24) is 25.5 Å². The first-order chi connectivity index (χ1) is 10.8. The number of carbonyl (C=O) groups is 1. The van der Waals surface area contributed by atoms with E-state index in [1.54, 1.807) is 6.26 Å². The third-order valence-corrected chi connectivity index (χ3v) is 3.24. The third-order valence-electron chi connectivity index (χ3n) is 3.24. The Labute approximate surface area is 126 Å². The Bertz CT molecular complexity index is 695. The molecule has 22 heavy (non-hydrogen) atoms. The van der Waals surface area contributed by atoms with Crippen molar-refractivity contribution in [3.63, 3.8) is 0 Å². The molecule has 1 amide bonds. The van der Waals surface area contributed by atoms with Gasteiger partial charge >= 0.3 is 0 Å². The molecule has 0 bridgehead atoms. The first kappa shape index (κ1) is 14.0. The topological polar surface area (TPSA) is 85.8 Å². The molecule has 1 N–H and O–H groups in total. The maximum absolute atomic E-state index is 12.5. The van der Waals surface area contributed by atoms with Crippen molar-refractivity contribution >= 4 is 5.91 Å². The van der Waals surface area contributed by atoms with Gasteiger partial charge in [0.2, 0.25) is 5.91 Å². The highest BCUT2D eigenvalue weighted by Gasteiger charge is 2.23. The largest absolute Gasteiger partial charge is 0.469 e. The van der Waals surface area contributed by atoms with Gasteiger partial charge < -0.3 is 9.73 Å². The normalized spacial score (nSPS) is 12.0. The minimum Gasteiger partial charge on any atom is -0.469 e. The van der Waals surface area contributed by atoms with Crippen LogP contribution in [0.25, 0.3) is 0 Å². The number of amides is 1. The zero-order valence-electron chi connectivity index (χ0n) is 11.8. The molecule has 3 aromatic rings. The van der Waals surface area contributed by atoms with E-state index in [4.69, 9.17) is 4.42 Å². The average molecular weight is 297 g/mol. The molecule has 2 heterocycles. The summed E-state index contributed by atoms with van der Waals surface area (Å²) in [6, 6.07) is 12.5.